The number of piperidine rings is 1. The average Bonchev–Trinajstić information content (AvgIpc) is 3.30. The first-order valence-corrected chi connectivity index (χ1v) is 8.09. The average molecular weight is 287 g/mol. The van der Waals surface area contributed by atoms with E-state index in [0.717, 1.165) is 31.7 Å². The quantitative estimate of drug-likeness (QED) is 0.893. The molecule has 1 unspecified atom stereocenters. The summed E-state index contributed by atoms with van der Waals surface area (Å²) in [5.41, 5.74) is 2.13. The van der Waals surface area contributed by atoms with Gasteiger partial charge in [-0.25, -0.2) is 4.79 Å². The maximum Gasteiger partial charge on any atom is 0.321 e. The molecule has 0 spiro atoms. The van der Waals surface area contributed by atoms with E-state index in [9.17, 15) is 4.79 Å². The largest absolute Gasteiger partial charge is 0.324 e. The molecule has 2 fully saturated rings. The summed E-state index contributed by atoms with van der Waals surface area (Å²) in [4.78, 5) is 14.2. The molecule has 4 heteroatoms. The molecule has 3 rings (SSSR count). The maximum absolute atomic E-state index is 12.3. The number of hydrogen-bond donors (Lipinski definition) is 2. The first-order valence-electron chi connectivity index (χ1n) is 8.09. The number of rotatable bonds is 4. The molecule has 1 aliphatic heterocycles. The van der Waals surface area contributed by atoms with Crippen LogP contribution in [0.5, 0.6) is 0 Å². The van der Waals surface area contributed by atoms with Gasteiger partial charge in [-0.1, -0.05) is 19.1 Å². The third-order valence-corrected chi connectivity index (χ3v) is 4.29. The summed E-state index contributed by atoms with van der Waals surface area (Å²) >= 11 is 0. The van der Waals surface area contributed by atoms with Crippen LogP contribution < -0.4 is 10.6 Å². The van der Waals surface area contributed by atoms with E-state index in [1.54, 1.807) is 0 Å². The van der Waals surface area contributed by atoms with Crippen LogP contribution in [0.1, 0.15) is 38.2 Å². The van der Waals surface area contributed by atoms with Crippen LogP contribution in [-0.4, -0.2) is 30.1 Å². The van der Waals surface area contributed by atoms with E-state index < -0.39 is 0 Å². The highest BCUT2D eigenvalue weighted by Crippen LogP contribution is 2.20. The van der Waals surface area contributed by atoms with Crippen molar-refractivity contribution >= 4 is 11.7 Å². The number of carbonyl (C=O) groups is 1. The molecular formula is C17H25N3O. The lowest BCUT2D eigenvalue weighted by Gasteiger charge is -2.31. The number of likely N-dealkylation sites (tertiary alicyclic amines) is 1. The highest BCUT2D eigenvalue weighted by Gasteiger charge is 2.21. The van der Waals surface area contributed by atoms with Crippen LogP contribution in [0.3, 0.4) is 0 Å². The molecule has 0 radical (unpaired) electrons. The number of nitrogens with zero attached hydrogens (tertiary/aromatic N) is 1. The van der Waals surface area contributed by atoms with Crippen LogP contribution in [0.4, 0.5) is 10.5 Å². The van der Waals surface area contributed by atoms with Crippen molar-refractivity contribution in [3.05, 3.63) is 29.8 Å². The molecule has 114 valence electrons. The molecule has 2 amide bonds. The van der Waals surface area contributed by atoms with Crippen LogP contribution >= 0.6 is 0 Å². The Morgan fingerprint density at radius 2 is 2.19 bits per heavy atom. The fourth-order valence-corrected chi connectivity index (χ4v) is 2.89. The monoisotopic (exact) mass is 287 g/mol. The van der Waals surface area contributed by atoms with Crippen LogP contribution in [-0.2, 0) is 6.54 Å². The summed E-state index contributed by atoms with van der Waals surface area (Å²) in [6.45, 7) is 4.84. The van der Waals surface area contributed by atoms with Gasteiger partial charge in [-0.15, -0.1) is 0 Å². The van der Waals surface area contributed by atoms with Crippen LogP contribution in [0.15, 0.2) is 24.3 Å². The molecule has 4 nitrogen and oxygen atoms in total. The lowest BCUT2D eigenvalue weighted by Crippen LogP contribution is -2.41. The standard InChI is InChI=1S/C17H25N3O/c1-13-4-3-9-20(12-13)17(21)19-16-6-2-5-14(10-16)11-18-15-7-8-15/h2,5-6,10,13,15,18H,3-4,7-9,11-12H2,1H3,(H,19,21). The fraction of sp³-hybridized carbons (Fsp3) is 0.588. The Kier molecular flexibility index (Phi) is 4.44. The SMILES string of the molecule is CC1CCCN(C(=O)Nc2cccc(CNC3CC3)c2)C1. The minimum Gasteiger partial charge on any atom is -0.324 e. The zero-order chi connectivity index (χ0) is 14.7. The summed E-state index contributed by atoms with van der Waals surface area (Å²) < 4.78 is 0. The molecule has 21 heavy (non-hydrogen) atoms. The number of anilines is 1. The van der Waals surface area contributed by atoms with E-state index in [2.05, 4.69) is 29.7 Å². The van der Waals surface area contributed by atoms with Crippen molar-refractivity contribution in [1.29, 1.82) is 0 Å². The summed E-state index contributed by atoms with van der Waals surface area (Å²) in [6.07, 6.45) is 4.93. The van der Waals surface area contributed by atoms with Crippen molar-refractivity contribution in [3.63, 3.8) is 0 Å². The van der Waals surface area contributed by atoms with Crippen molar-refractivity contribution in [1.82, 2.24) is 10.2 Å². The van der Waals surface area contributed by atoms with Gasteiger partial charge in [0.05, 0.1) is 0 Å². The Labute approximate surface area is 126 Å². The summed E-state index contributed by atoms with van der Waals surface area (Å²) in [5.74, 6) is 0.610. The first kappa shape index (κ1) is 14.4. The molecule has 1 aromatic rings. The van der Waals surface area contributed by atoms with Crippen LogP contribution in [0, 0.1) is 5.92 Å². The Balaban J connectivity index is 1.55. The highest BCUT2D eigenvalue weighted by molar-refractivity contribution is 5.89. The zero-order valence-corrected chi connectivity index (χ0v) is 12.8. The van der Waals surface area contributed by atoms with Crippen molar-refractivity contribution in [2.24, 2.45) is 5.92 Å². The minimum atomic E-state index is 0.0360. The van der Waals surface area contributed by atoms with Crippen LogP contribution in [0.2, 0.25) is 0 Å². The highest BCUT2D eigenvalue weighted by atomic mass is 16.2. The second-order valence-electron chi connectivity index (χ2n) is 6.48. The van der Waals surface area contributed by atoms with Gasteiger partial charge in [0.25, 0.3) is 0 Å². The second kappa shape index (κ2) is 6.48. The van der Waals surface area contributed by atoms with Crippen molar-refractivity contribution in [3.8, 4) is 0 Å². The molecule has 1 saturated heterocycles. The lowest BCUT2D eigenvalue weighted by atomic mass is 10.0. The van der Waals surface area contributed by atoms with Crippen molar-refractivity contribution in [2.45, 2.75) is 45.2 Å². The molecule has 2 aliphatic rings. The van der Waals surface area contributed by atoms with E-state index in [1.165, 1.54) is 24.8 Å². The number of amides is 2. The summed E-state index contributed by atoms with van der Waals surface area (Å²) in [6, 6.07) is 8.89. The minimum absolute atomic E-state index is 0.0360. The predicted molar refractivity (Wildman–Crippen MR) is 85.3 cm³/mol. The first-order chi connectivity index (χ1) is 10.2. The maximum atomic E-state index is 12.3. The molecule has 1 saturated carbocycles. The zero-order valence-electron chi connectivity index (χ0n) is 12.8. The Morgan fingerprint density at radius 3 is 2.95 bits per heavy atom. The molecular weight excluding hydrogens is 262 g/mol. The van der Waals surface area contributed by atoms with Gasteiger partial charge < -0.3 is 15.5 Å². The van der Waals surface area contributed by atoms with E-state index in [1.807, 2.05) is 17.0 Å². The third-order valence-electron chi connectivity index (χ3n) is 4.29. The summed E-state index contributed by atoms with van der Waals surface area (Å²) in [5, 5.41) is 6.53. The van der Waals surface area contributed by atoms with Gasteiger partial charge in [-0.3, -0.25) is 0 Å². The number of nitrogens with one attached hydrogen (secondary N) is 2. The number of urea groups is 1. The van der Waals surface area contributed by atoms with E-state index in [0.29, 0.717) is 12.0 Å². The van der Waals surface area contributed by atoms with E-state index >= 15 is 0 Å². The third kappa shape index (κ3) is 4.21. The van der Waals surface area contributed by atoms with Crippen LogP contribution in [0.25, 0.3) is 0 Å². The van der Waals surface area contributed by atoms with Gasteiger partial charge in [0.1, 0.15) is 0 Å². The second-order valence-corrected chi connectivity index (χ2v) is 6.48. The molecule has 0 bridgehead atoms. The fourth-order valence-electron chi connectivity index (χ4n) is 2.89. The number of benzene rings is 1. The lowest BCUT2D eigenvalue weighted by molar-refractivity contribution is 0.182. The number of hydrogen-bond acceptors (Lipinski definition) is 2. The molecule has 1 atom stereocenters. The smallest absolute Gasteiger partial charge is 0.321 e. The van der Waals surface area contributed by atoms with Gasteiger partial charge in [-0.2, -0.15) is 0 Å². The van der Waals surface area contributed by atoms with Crippen molar-refractivity contribution < 1.29 is 4.79 Å². The summed E-state index contributed by atoms with van der Waals surface area (Å²) in [7, 11) is 0. The molecule has 1 heterocycles. The van der Waals surface area contributed by atoms with Gasteiger partial charge >= 0.3 is 6.03 Å². The molecule has 1 aromatic carbocycles. The Bertz CT molecular complexity index is 499. The van der Waals surface area contributed by atoms with E-state index in [-0.39, 0.29) is 6.03 Å². The Morgan fingerprint density at radius 1 is 1.33 bits per heavy atom. The molecule has 1 aliphatic carbocycles. The van der Waals surface area contributed by atoms with Crippen molar-refractivity contribution in [2.75, 3.05) is 18.4 Å². The molecule has 2 N–H and O–H groups in total. The molecule has 0 aromatic heterocycles. The van der Waals surface area contributed by atoms with Gasteiger partial charge in [0.2, 0.25) is 0 Å². The van der Waals surface area contributed by atoms with Gasteiger partial charge in [-0.05, 0) is 49.3 Å². The normalized spacial score (nSPS) is 22.1. The van der Waals surface area contributed by atoms with Gasteiger partial charge in [0.15, 0.2) is 0 Å². The van der Waals surface area contributed by atoms with Gasteiger partial charge in [0, 0.05) is 31.4 Å². The Hall–Kier alpha value is -1.55. The van der Waals surface area contributed by atoms with E-state index in [4.69, 9.17) is 0 Å². The predicted octanol–water partition coefficient (Wildman–Crippen LogP) is 3.20. The number of carbonyl (C=O) groups excluding carboxylic acids is 1. The topological polar surface area (TPSA) is 44.4 Å².